The number of hydrogen-bond acceptors (Lipinski definition) is 3. The second-order valence-electron chi connectivity index (χ2n) is 4.23. The van der Waals surface area contributed by atoms with Crippen molar-refractivity contribution in [1.29, 1.82) is 0 Å². The van der Waals surface area contributed by atoms with E-state index in [-0.39, 0.29) is 0 Å². The van der Waals surface area contributed by atoms with Crippen LogP contribution in [0.25, 0.3) is 0 Å². The van der Waals surface area contributed by atoms with Gasteiger partial charge in [0.1, 0.15) is 12.3 Å². The molecule has 0 atom stereocenters. The lowest BCUT2D eigenvalue weighted by Crippen LogP contribution is -2.33. The fraction of sp³-hybridized carbons (Fsp3) is 0.385. The summed E-state index contributed by atoms with van der Waals surface area (Å²) in [5, 5.41) is 13.4. The number of anilines is 1. The van der Waals surface area contributed by atoms with Gasteiger partial charge in [-0.3, -0.25) is 4.79 Å². The van der Waals surface area contributed by atoms with Crippen molar-refractivity contribution < 1.29 is 19.4 Å². The minimum Gasteiger partial charge on any atom is -0.496 e. The van der Waals surface area contributed by atoms with Gasteiger partial charge in [0.15, 0.2) is 0 Å². The monoisotopic (exact) mass is 266 g/mol. The molecular formula is C13H18N2O4. The summed E-state index contributed by atoms with van der Waals surface area (Å²) in [6.07, 6.45) is 0. The molecule has 1 aromatic carbocycles. The van der Waals surface area contributed by atoms with Crippen LogP contribution < -0.4 is 15.4 Å². The van der Waals surface area contributed by atoms with Crippen LogP contribution in [0.1, 0.15) is 16.7 Å². The number of amides is 2. The third-order valence-corrected chi connectivity index (χ3v) is 2.88. The largest absolute Gasteiger partial charge is 0.496 e. The number of carboxylic acids is 1. The number of methoxy groups -OCH3 is 1. The Hall–Kier alpha value is -2.24. The van der Waals surface area contributed by atoms with Crippen LogP contribution in [-0.4, -0.2) is 30.8 Å². The van der Waals surface area contributed by atoms with E-state index >= 15 is 0 Å². The number of aliphatic carboxylic acids is 1. The van der Waals surface area contributed by atoms with Gasteiger partial charge < -0.3 is 20.5 Å². The van der Waals surface area contributed by atoms with Gasteiger partial charge in [-0.05, 0) is 43.5 Å². The zero-order valence-corrected chi connectivity index (χ0v) is 11.5. The number of aryl methyl sites for hydroxylation is 1. The number of nitrogens with one attached hydrogen (secondary N) is 2. The van der Waals surface area contributed by atoms with Gasteiger partial charge in [-0.1, -0.05) is 0 Å². The third-order valence-electron chi connectivity index (χ3n) is 2.88. The Morgan fingerprint density at radius 1 is 1.26 bits per heavy atom. The van der Waals surface area contributed by atoms with E-state index in [2.05, 4.69) is 10.6 Å². The first-order valence-corrected chi connectivity index (χ1v) is 5.78. The van der Waals surface area contributed by atoms with E-state index in [1.165, 1.54) is 0 Å². The quantitative estimate of drug-likeness (QED) is 0.775. The molecule has 104 valence electrons. The van der Waals surface area contributed by atoms with Gasteiger partial charge >= 0.3 is 12.0 Å². The molecule has 19 heavy (non-hydrogen) atoms. The second-order valence-corrected chi connectivity index (χ2v) is 4.23. The van der Waals surface area contributed by atoms with E-state index in [0.717, 1.165) is 22.4 Å². The number of carboxylic acid groups (broad SMARTS) is 1. The summed E-state index contributed by atoms with van der Waals surface area (Å²) < 4.78 is 5.29. The molecule has 0 saturated carbocycles. The first kappa shape index (κ1) is 14.8. The van der Waals surface area contributed by atoms with Gasteiger partial charge in [-0.25, -0.2) is 4.79 Å². The molecule has 1 rings (SSSR count). The fourth-order valence-electron chi connectivity index (χ4n) is 1.82. The first-order valence-electron chi connectivity index (χ1n) is 5.78. The van der Waals surface area contributed by atoms with Crippen LogP contribution in [0.4, 0.5) is 10.5 Å². The van der Waals surface area contributed by atoms with E-state index in [9.17, 15) is 9.59 Å². The van der Waals surface area contributed by atoms with Gasteiger partial charge in [0.05, 0.1) is 7.11 Å². The third kappa shape index (κ3) is 3.61. The van der Waals surface area contributed by atoms with E-state index in [0.29, 0.717) is 5.69 Å². The Labute approximate surface area is 111 Å². The summed E-state index contributed by atoms with van der Waals surface area (Å²) in [7, 11) is 1.60. The molecule has 0 bridgehead atoms. The smallest absolute Gasteiger partial charge is 0.323 e. The second kappa shape index (κ2) is 6.08. The molecule has 0 heterocycles. The summed E-state index contributed by atoms with van der Waals surface area (Å²) >= 11 is 0. The lowest BCUT2D eigenvalue weighted by Gasteiger charge is -2.16. The topological polar surface area (TPSA) is 87.7 Å². The molecule has 0 saturated heterocycles. The number of hydrogen-bond donors (Lipinski definition) is 3. The van der Waals surface area contributed by atoms with Gasteiger partial charge in [0.2, 0.25) is 0 Å². The highest BCUT2D eigenvalue weighted by atomic mass is 16.5. The molecule has 0 aliphatic carbocycles. The molecule has 0 aliphatic rings. The number of urea groups is 1. The van der Waals surface area contributed by atoms with Gasteiger partial charge in [-0.2, -0.15) is 0 Å². The summed E-state index contributed by atoms with van der Waals surface area (Å²) in [6, 6.07) is 1.25. The maximum atomic E-state index is 11.5. The van der Waals surface area contributed by atoms with Crippen LogP contribution in [0, 0.1) is 20.8 Å². The Morgan fingerprint density at radius 2 is 1.89 bits per heavy atom. The highest BCUT2D eigenvalue weighted by Crippen LogP contribution is 2.31. The first-order chi connectivity index (χ1) is 8.86. The maximum Gasteiger partial charge on any atom is 0.323 e. The van der Waals surface area contributed by atoms with Crippen LogP contribution in [0.15, 0.2) is 6.07 Å². The predicted octanol–water partition coefficient (Wildman–Crippen LogP) is 1.83. The van der Waals surface area contributed by atoms with Gasteiger partial charge in [0, 0.05) is 5.69 Å². The number of carbonyl (C=O) groups is 2. The SMILES string of the molecule is COc1c(C)cc(NC(=O)NCC(=O)O)c(C)c1C. The Bertz CT molecular complexity index is 512. The standard InChI is InChI=1S/C13H18N2O4/c1-7-5-10(8(2)9(3)12(7)19-4)15-13(18)14-6-11(16)17/h5H,6H2,1-4H3,(H,16,17)(H2,14,15,18). The predicted molar refractivity (Wildman–Crippen MR) is 71.9 cm³/mol. The maximum absolute atomic E-state index is 11.5. The molecular weight excluding hydrogens is 248 g/mol. The molecule has 6 heteroatoms. The Balaban J connectivity index is 2.90. The average Bonchev–Trinajstić information content (AvgIpc) is 2.34. The van der Waals surface area contributed by atoms with Crippen LogP contribution in [0.2, 0.25) is 0 Å². The molecule has 6 nitrogen and oxygen atoms in total. The van der Waals surface area contributed by atoms with E-state index in [4.69, 9.17) is 9.84 Å². The van der Waals surface area contributed by atoms with E-state index in [1.54, 1.807) is 13.2 Å². The Kier molecular flexibility index (Phi) is 4.74. The Morgan fingerprint density at radius 3 is 2.42 bits per heavy atom. The summed E-state index contributed by atoms with van der Waals surface area (Å²) in [4.78, 5) is 21.9. The van der Waals surface area contributed by atoms with Crippen LogP contribution in [0.3, 0.4) is 0 Å². The van der Waals surface area contributed by atoms with Crippen molar-refractivity contribution in [3.05, 3.63) is 22.8 Å². The molecule has 0 fully saturated rings. The van der Waals surface area contributed by atoms with Crippen molar-refractivity contribution >= 4 is 17.7 Å². The van der Waals surface area contributed by atoms with Crippen molar-refractivity contribution in [1.82, 2.24) is 5.32 Å². The van der Waals surface area contributed by atoms with E-state index < -0.39 is 18.5 Å². The molecule has 0 aliphatic heterocycles. The van der Waals surface area contributed by atoms with E-state index in [1.807, 2.05) is 20.8 Å². The van der Waals surface area contributed by atoms with Gasteiger partial charge in [0.25, 0.3) is 0 Å². The molecule has 3 N–H and O–H groups in total. The molecule has 2 amide bonds. The number of rotatable bonds is 4. The summed E-state index contributed by atoms with van der Waals surface area (Å²) in [6.45, 7) is 5.23. The van der Waals surface area contributed by atoms with Crippen molar-refractivity contribution in [2.75, 3.05) is 19.0 Å². The minimum atomic E-state index is -1.09. The number of carbonyl (C=O) groups excluding carboxylic acids is 1. The van der Waals surface area contributed by atoms with Crippen LogP contribution in [-0.2, 0) is 4.79 Å². The molecule has 0 unspecified atom stereocenters. The molecule has 0 aromatic heterocycles. The lowest BCUT2D eigenvalue weighted by atomic mass is 10.0. The van der Waals surface area contributed by atoms with Crippen molar-refractivity contribution in [2.24, 2.45) is 0 Å². The number of benzene rings is 1. The highest BCUT2D eigenvalue weighted by Gasteiger charge is 2.12. The van der Waals surface area contributed by atoms with Crippen molar-refractivity contribution in [3.8, 4) is 5.75 Å². The molecule has 0 spiro atoms. The fourth-order valence-corrected chi connectivity index (χ4v) is 1.82. The zero-order chi connectivity index (χ0) is 14.6. The van der Waals surface area contributed by atoms with Crippen molar-refractivity contribution in [3.63, 3.8) is 0 Å². The normalized spacial score (nSPS) is 9.89. The van der Waals surface area contributed by atoms with Gasteiger partial charge in [-0.15, -0.1) is 0 Å². The summed E-state index contributed by atoms with van der Waals surface area (Å²) in [5.41, 5.74) is 3.36. The number of ether oxygens (including phenoxy) is 1. The highest BCUT2D eigenvalue weighted by molar-refractivity contribution is 5.92. The molecule has 1 aromatic rings. The van der Waals surface area contributed by atoms with Crippen molar-refractivity contribution in [2.45, 2.75) is 20.8 Å². The van der Waals surface area contributed by atoms with Crippen LogP contribution in [0.5, 0.6) is 5.75 Å². The molecule has 0 radical (unpaired) electrons. The zero-order valence-electron chi connectivity index (χ0n) is 11.5. The van der Waals surface area contributed by atoms with Crippen LogP contribution >= 0.6 is 0 Å². The minimum absolute atomic E-state index is 0.418. The summed E-state index contributed by atoms with van der Waals surface area (Å²) in [5.74, 6) is -0.303. The lowest BCUT2D eigenvalue weighted by molar-refractivity contribution is -0.135. The average molecular weight is 266 g/mol.